The normalized spacial score (nSPS) is 10.2. The van der Waals surface area contributed by atoms with Crippen LogP contribution in [-0.4, -0.2) is 16.6 Å². The Morgan fingerprint density at radius 2 is 2.09 bits per heavy atom. The first kappa shape index (κ1) is 15.5. The molecule has 0 radical (unpaired) electrons. The summed E-state index contributed by atoms with van der Waals surface area (Å²) in [6, 6.07) is 6.16. The highest BCUT2D eigenvalue weighted by Gasteiger charge is 2.15. The van der Waals surface area contributed by atoms with Gasteiger partial charge < -0.3 is 16.2 Å². The third-order valence-corrected chi connectivity index (χ3v) is 3.03. The SMILES string of the molecule is CCCCOc1cc(-c2nc(N)nc(N)c2C#N)ccc1F. The Labute approximate surface area is 127 Å². The van der Waals surface area contributed by atoms with Crippen LogP contribution in [0.5, 0.6) is 5.75 Å². The summed E-state index contributed by atoms with van der Waals surface area (Å²) in [6.45, 7) is 2.43. The highest BCUT2D eigenvalue weighted by atomic mass is 19.1. The molecule has 1 aromatic heterocycles. The largest absolute Gasteiger partial charge is 0.490 e. The minimum Gasteiger partial charge on any atom is -0.490 e. The van der Waals surface area contributed by atoms with Gasteiger partial charge in [-0.3, -0.25) is 0 Å². The van der Waals surface area contributed by atoms with E-state index in [4.69, 9.17) is 16.2 Å². The number of nitrogens with two attached hydrogens (primary N) is 2. The number of rotatable bonds is 5. The van der Waals surface area contributed by atoms with Gasteiger partial charge in [-0.1, -0.05) is 13.3 Å². The molecule has 4 N–H and O–H groups in total. The first-order chi connectivity index (χ1) is 10.6. The lowest BCUT2D eigenvalue weighted by atomic mass is 10.1. The molecular weight excluding hydrogens is 285 g/mol. The molecule has 0 atom stereocenters. The number of nitriles is 1. The van der Waals surface area contributed by atoms with Crippen LogP contribution in [0.3, 0.4) is 0 Å². The second kappa shape index (κ2) is 6.72. The second-order valence-corrected chi connectivity index (χ2v) is 4.65. The maximum atomic E-state index is 13.8. The lowest BCUT2D eigenvalue weighted by Crippen LogP contribution is -2.05. The molecule has 0 bridgehead atoms. The summed E-state index contributed by atoms with van der Waals surface area (Å²) < 4.78 is 19.2. The number of nitrogens with zero attached hydrogens (tertiary/aromatic N) is 3. The first-order valence-electron chi connectivity index (χ1n) is 6.82. The molecular formula is C15H16FN5O. The number of unbranched alkanes of at least 4 members (excludes halogenated alkanes) is 1. The average molecular weight is 301 g/mol. The van der Waals surface area contributed by atoms with Crippen molar-refractivity contribution in [2.75, 3.05) is 18.1 Å². The minimum absolute atomic E-state index is 0.0113. The fourth-order valence-electron chi connectivity index (χ4n) is 1.90. The van der Waals surface area contributed by atoms with Gasteiger partial charge in [0.05, 0.1) is 12.3 Å². The summed E-state index contributed by atoms with van der Waals surface area (Å²) in [7, 11) is 0. The Bertz CT molecular complexity index is 727. The molecule has 0 amide bonds. The van der Waals surface area contributed by atoms with Crippen LogP contribution in [0.4, 0.5) is 16.2 Å². The zero-order valence-corrected chi connectivity index (χ0v) is 12.1. The molecule has 0 spiro atoms. The number of ether oxygens (including phenoxy) is 1. The number of anilines is 2. The molecule has 0 saturated carbocycles. The zero-order valence-electron chi connectivity index (χ0n) is 12.1. The van der Waals surface area contributed by atoms with Crippen molar-refractivity contribution in [1.29, 1.82) is 5.26 Å². The Morgan fingerprint density at radius 3 is 2.77 bits per heavy atom. The fourth-order valence-corrected chi connectivity index (χ4v) is 1.90. The molecule has 2 aromatic rings. The van der Waals surface area contributed by atoms with Gasteiger partial charge >= 0.3 is 0 Å². The van der Waals surface area contributed by atoms with Gasteiger partial charge in [-0.05, 0) is 24.6 Å². The number of halogens is 1. The predicted molar refractivity (Wildman–Crippen MR) is 81.4 cm³/mol. The van der Waals surface area contributed by atoms with Crippen molar-refractivity contribution in [3.8, 4) is 23.1 Å². The molecule has 6 nitrogen and oxygen atoms in total. The molecule has 0 aliphatic rings. The number of nitrogen functional groups attached to an aromatic ring is 2. The van der Waals surface area contributed by atoms with E-state index in [0.29, 0.717) is 12.2 Å². The van der Waals surface area contributed by atoms with E-state index in [1.54, 1.807) is 0 Å². The molecule has 2 rings (SSSR count). The van der Waals surface area contributed by atoms with Gasteiger partial charge in [0.1, 0.15) is 17.5 Å². The second-order valence-electron chi connectivity index (χ2n) is 4.65. The Balaban J connectivity index is 2.46. The monoisotopic (exact) mass is 301 g/mol. The molecule has 114 valence electrons. The quantitative estimate of drug-likeness (QED) is 0.821. The van der Waals surface area contributed by atoms with Gasteiger partial charge in [0.15, 0.2) is 11.6 Å². The summed E-state index contributed by atoms with van der Waals surface area (Å²) in [6.07, 6.45) is 1.76. The maximum absolute atomic E-state index is 13.8. The number of aromatic nitrogens is 2. The van der Waals surface area contributed by atoms with Gasteiger partial charge in [0.25, 0.3) is 0 Å². The summed E-state index contributed by atoms with van der Waals surface area (Å²) in [5.41, 5.74) is 12.1. The Morgan fingerprint density at radius 1 is 1.32 bits per heavy atom. The maximum Gasteiger partial charge on any atom is 0.222 e. The molecule has 1 heterocycles. The highest BCUT2D eigenvalue weighted by molar-refractivity contribution is 5.73. The van der Waals surface area contributed by atoms with E-state index in [1.807, 2.05) is 13.0 Å². The van der Waals surface area contributed by atoms with Crippen LogP contribution in [0.25, 0.3) is 11.3 Å². The van der Waals surface area contributed by atoms with Gasteiger partial charge in [-0.15, -0.1) is 0 Å². The Hall–Kier alpha value is -2.88. The van der Waals surface area contributed by atoms with E-state index in [9.17, 15) is 9.65 Å². The van der Waals surface area contributed by atoms with Crippen molar-refractivity contribution in [3.05, 3.63) is 29.6 Å². The van der Waals surface area contributed by atoms with Gasteiger partial charge in [-0.25, -0.2) is 9.37 Å². The van der Waals surface area contributed by atoms with E-state index in [0.717, 1.165) is 12.8 Å². The van der Waals surface area contributed by atoms with E-state index in [1.165, 1.54) is 18.2 Å². The van der Waals surface area contributed by atoms with Crippen molar-refractivity contribution in [2.24, 2.45) is 0 Å². The molecule has 0 aliphatic carbocycles. The van der Waals surface area contributed by atoms with Crippen LogP contribution in [0.15, 0.2) is 18.2 Å². The molecule has 22 heavy (non-hydrogen) atoms. The van der Waals surface area contributed by atoms with Crippen molar-refractivity contribution in [2.45, 2.75) is 19.8 Å². The van der Waals surface area contributed by atoms with Crippen LogP contribution in [0.2, 0.25) is 0 Å². The molecule has 0 aliphatic heterocycles. The molecule has 7 heteroatoms. The third kappa shape index (κ3) is 3.23. The van der Waals surface area contributed by atoms with Crippen LogP contribution < -0.4 is 16.2 Å². The fraction of sp³-hybridized carbons (Fsp3) is 0.267. The summed E-state index contributed by atoms with van der Waals surface area (Å²) in [4.78, 5) is 7.78. The number of benzene rings is 1. The standard InChI is InChI=1S/C15H16FN5O/c1-2-3-6-22-12-7-9(4-5-11(12)16)13-10(8-17)14(18)21-15(19)20-13/h4-5,7H,2-3,6H2,1H3,(H4,18,19,20,21). The highest BCUT2D eigenvalue weighted by Crippen LogP contribution is 2.29. The van der Waals surface area contributed by atoms with E-state index in [2.05, 4.69) is 9.97 Å². The van der Waals surface area contributed by atoms with Crippen LogP contribution in [0.1, 0.15) is 25.3 Å². The van der Waals surface area contributed by atoms with Crippen molar-refractivity contribution in [3.63, 3.8) is 0 Å². The van der Waals surface area contributed by atoms with Gasteiger partial charge in [-0.2, -0.15) is 10.2 Å². The average Bonchev–Trinajstić information content (AvgIpc) is 2.48. The number of hydrogen-bond acceptors (Lipinski definition) is 6. The smallest absolute Gasteiger partial charge is 0.222 e. The van der Waals surface area contributed by atoms with Crippen molar-refractivity contribution in [1.82, 2.24) is 9.97 Å². The van der Waals surface area contributed by atoms with Crippen molar-refractivity contribution < 1.29 is 9.13 Å². The zero-order chi connectivity index (χ0) is 16.1. The van der Waals surface area contributed by atoms with Gasteiger partial charge in [0.2, 0.25) is 5.95 Å². The third-order valence-electron chi connectivity index (χ3n) is 3.03. The minimum atomic E-state index is -0.478. The van der Waals surface area contributed by atoms with Crippen LogP contribution >= 0.6 is 0 Å². The molecule has 1 aromatic carbocycles. The van der Waals surface area contributed by atoms with E-state index >= 15 is 0 Å². The summed E-state index contributed by atoms with van der Waals surface area (Å²) in [5.74, 6) is -0.439. The van der Waals surface area contributed by atoms with E-state index in [-0.39, 0.29) is 28.8 Å². The Kier molecular flexibility index (Phi) is 4.73. The predicted octanol–water partition coefficient (Wildman–Crippen LogP) is 2.50. The van der Waals surface area contributed by atoms with Crippen LogP contribution in [0, 0.1) is 17.1 Å². The summed E-state index contributed by atoms with van der Waals surface area (Å²) in [5, 5.41) is 9.19. The first-order valence-corrected chi connectivity index (χ1v) is 6.82. The van der Waals surface area contributed by atoms with Crippen LogP contribution in [-0.2, 0) is 0 Å². The van der Waals surface area contributed by atoms with E-state index < -0.39 is 5.82 Å². The molecule has 0 saturated heterocycles. The van der Waals surface area contributed by atoms with Crippen molar-refractivity contribution >= 4 is 11.8 Å². The topological polar surface area (TPSA) is 111 Å². The lowest BCUT2D eigenvalue weighted by Gasteiger charge is -2.10. The van der Waals surface area contributed by atoms with Gasteiger partial charge in [0, 0.05) is 5.56 Å². The number of hydrogen-bond donors (Lipinski definition) is 2. The summed E-state index contributed by atoms with van der Waals surface area (Å²) >= 11 is 0. The molecule has 0 fully saturated rings. The molecule has 0 unspecified atom stereocenters. The lowest BCUT2D eigenvalue weighted by molar-refractivity contribution is 0.294.